The molecular weight excluding hydrogens is 286 g/mol. The minimum atomic E-state index is -4.57. The van der Waals surface area contributed by atoms with Gasteiger partial charge in [0.05, 0.1) is 17.9 Å². The van der Waals surface area contributed by atoms with Crippen LogP contribution >= 0.6 is 0 Å². The molecule has 2 aromatic rings. The Labute approximate surface area is 119 Å². The third-order valence-corrected chi connectivity index (χ3v) is 3.11. The molecule has 1 N–H and O–H groups in total. The fourth-order valence-corrected chi connectivity index (χ4v) is 2.02. The highest BCUT2D eigenvalue weighted by Crippen LogP contribution is 2.39. The van der Waals surface area contributed by atoms with Gasteiger partial charge in [0, 0.05) is 12.7 Å². The molecule has 0 aliphatic rings. The lowest BCUT2D eigenvalue weighted by Crippen LogP contribution is -2.17. The second kappa shape index (κ2) is 5.73. The Morgan fingerprint density at radius 3 is 2.38 bits per heavy atom. The largest absolute Gasteiger partial charge is 0.418 e. The van der Waals surface area contributed by atoms with Gasteiger partial charge in [0.15, 0.2) is 0 Å². The summed E-state index contributed by atoms with van der Waals surface area (Å²) in [6, 6.07) is 8.88. The minimum absolute atomic E-state index is 0.106. The van der Waals surface area contributed by atoms with Gasteiger partial charge in [0.2, 0.25) is 0 Å². The third kappa shape index (κ3) is 3.33. The molecule has 0 spiro atoms. The van der Waals surface area contributed by atoms with E-state index in [1.807, 2.05) is 0 Å². The van der Waals surface area contributed by atoms with Gasteiger partial charge in [-0.1, -0.05) is 12.1 Å². The van der Waals surface area contributed by atoms with Crippen LogP contribution in [-0.4, -0.2) is 12.2 Å². The van der Waals surface area contributed by atoms with Crippen LogP contribution < -0.4 is 4.90 Å². The summed E-state index contributed by atoms with van der Waals surface area (Å²) in [5.74, 6) is -0.528. The van der Waals surface area contributed by atoms with E-state index >= 15 is 0 Å². The van der Waals surface area contributed by atoms with Crippen LogP contribution in [0.15, 0.2) is 42.5 Å². The van der Waals surface area contributed by atoms with Crippen LogP contribution in [0.2, 0.25) is 0 Å². The maximum atomic E-state index is 13.2. The summed E-state index contributed by atoms with van der Waals surface area (Å²) in [6.07, 6.45) is -4.57. The van der Waals surface area contributed by atoms with Crippen LogP contribution in [0.3, 0.4) is 0 Å². The number of hydrogen-bond acceptors (Lipinski definition) is 2. The Balaban J connectivity index is 2.52. The molecule has 0 aliphatic heterocycles. The number of rotatable bonds is 3. The number of anilines is 2. The van der Waals surface area contributed by atoms with Crippen LogP contribution in [0.1, 0.15) is 11.1 Å². The number of hydrogen-bond donors (Lipinski definition) is 1. The van der Waals surface area contributed by atoms with E-state index in [9.17, 15) is 17.6 Å². The summed E-state index contributed by atoms with van der Waals surface area (Å²) in [7, 11) is 1.43. The summed E-state index contributed by atoms with van der Waals surface area (Å²) in [5, 5.41) is 8.98. The molecule has 21 heavy (non-hydrogen) atoms. The zero-order valence-electron chi connectivity index (χ0n) is 11.2. The fraction of sp³-hybridized carbons (Fsp3) is 0.200. The third-order valence-electron chi connectivity index (χ3n) is 3.11. The summed E-state index contributed by atoms with van der Waals surface area (Å²) in [6.45, 7) is -0.479. The second-order valence-corrected chi connectivity index (χ2v) is 4.55. The van der Waals surface area contributed by atoms with E-state index in [-0.39, 0.29) is 11.3 Å². The van der Waals surface area contributed by atoms with Gasteiger partial charge in [0.25, 0.3) is 0 Å². The molecule has 0 amide bonds. The highest BCUT2D eigenvalue weighted by Gasteiger charge is 2.34. The fourth-order valence-electron chi connectivity index (χ4n) is 2.02. The lowest BCUT2D eigenvalue weighted by atomic mass is 10.1. The van der Waals surface area contributed by atoms with E-state index < -0.39 is 24.2 Å². The molecule has 0 atom stereocenters. The summed E-state index contributed by atoms with van der Waals surface area (Å²) >= 11 is 0. The van der Waals surface area contributed by atoms with E-state index in [1.54, 1.807) is 0 Å². The topological polar surface area (TPSA) is 23.5 Å². The number of aliphatic hydroxyl groups is 1. The predicted molar refractivity (Wildman–Crippen MR) is 71.8 cm³/mol. The van der Waals surface area contributed by atoms with Crippen molar-refractivity contribution in [1.29, 1.82) is 0 Å². The molecule has 2 nitrogen and oxygen atoms in total. The van der Waals surface area contributed by atoms with E-state index in [0.29, 0.717) is 5.69 Å². The highest BCUT2D eigenvalue weighted by molar-refractivity contribution is 5.67. The Morgan fingerprint density at radius 2 is 1.81 bits per heavy atom. The van der Waals surface area contributed by atoms with Crippen LogP contribution in [0.5, 0.6) is 0 Å². The monoisotopic (exact) mass is 299 g/mol. The molecule has 6 heteroatoms. The van der Waals surface area contributed by atoms with Gasteiger partial charge in [0.1, 0.15) is 5.82 Å². The summed E-state index contributed by atoms with van der Waals surface area (Å²) < 4.78 is 52.6. The Kier molecular flexibility index (Phi) is 4.18. The van der Waals surface area contributed by atoms with Gasteiger partial charge in [-0.05, 0) is 35.9 Å². The van der Waals surface area contributed by atoms with E-state index in [2.05, 4.69) is 0 Å². The number of nitrogens with zero attached hydrogens (tertiary/aromatic N) is 1. The van der Waals surface area contributed by atoms with Crippen molar-refractivity contribution in [3.63, 3.8) is 0 Å². The zero-order chi connectivity index (χ0) is 15.6. The normalized spacial score (nSPS) is 11.5. The first-order valence-corrected chi connectivity index (χ1v) is 6.13. The molecule has 0 saturated carbocycles. The van der Waals surface area contributed by atoms with E-state index in [0.717, 1.165) is 12.1 Å². The lowest BCUT2D eigenvalue weighted by molar-refractivity contribution is -0.137. The molecule has 0 saturated heterocycles. The summed E-state index contributed by atoms with van der Waals surface area (Å²) in [4.78, 5) is 1.26. The molecular formula is C15H13F4NO. The van der Waals surface area contributed by atoms with Crippen molar-refractivity contribution in [2.75, 3.05) is 11.9 Å². The molecule has 0 aromatic heterocycles. The molecule has 0 fully saturated rings. The van der Waals surface area contributed by atoms with Crippen LogP contribution in [0.4, 0.5) is 28.9 Å². The Hall–Kier alpha value is -2.08. The quantitative estimate of drug-likeness (QED) is 0.862. The standard InChI is InChI=1S/C15H13F4NO/c1-20(12-4-2-3-11(16)8-12)14-6-5-10(9-21)7-13(14)15(17,18)19/h2-8,21H,9H2,1H3. The van der Waals surface area contributed by atoms with Crippen molar-refractivity contribution in [3.05, 3.63) is 59.4 Å². The van der Waals surface area contributed by atoms with Crippen molar-refractivity contribution < 1.29 is 22.7 Å². The number of aliphatic hydroxyl groups excluding tert-OH is 1. The van der Waals surface area contributed by atoms with Crippen LogP contribution in [-0.2, 0) is 12.8 Å². The van der Waals surface area contributed by atoms with Crippen molar-refractivity contribution in [2.24, 2.45) is 0 Å². The second-order valence-electron chi connectivity index (χ2n) is 4.55. The highest BCUT2D eigenvalue weighted by atomic mass is 19.4. The maximum absolute atomic E-state index is 13.2. The average molecular weight is 299 g/mol. The van der Waals surface area contributed by atoms with Gasteiger partial charge >= 0.3 is 6.18 Å². The van der Waals surface area contributed by atoms with Gasteiger partial charge in [-0.3, -0.25) is 0 Å². The average Bonchev–Trinajstić information content (AvgIpc) is 2.45. The van der Waals surface area contributed by atoms with Crippen LogP contribution in [0, 0.1) is 5.82 Å². The first-order valence-electron chi connectivity index (χ1n) is 6.13. The molecule has 112 valence electrons. The molecule has 2 aromatic carbocycles. The van der Waals surface area contributed by atoms with Gasteiger partial charge in [-0.25, -0.2) is 4.39 Å². The smallest absolute Gasteiger partial charge is 0.392 e. The van der Waals surface area contributed by atoms with E-state index in [4.69, 9.17) is 5.11 Å². The first kappa shape index (κ1) is 15.3. The van der Waals surface area contributed by atoms with Crippen molar-refractivity contribution >= 4 is 11.4 Å². The molecule has 2 rings (SSSR count). The number of halogens is 4. The Morgan fingerprint density at radius 1 is 1.10 bits per heavy atom. The number of benzene rings is 2. The van der Waals surface area contributed by atoms with Gasteiger partial charge < -0.3 is 10.0 Å². The molecule has 0 heterocycles. The van der Waals surface area contributed by atoms with E-state index in [1.165, 1.54) is 42.3 Å². The van der Waals surface area contributed by atoms with Crippen molar-refractivity contribution in [2.45, 2.75) is 12.8 Å². The zero-order valence-corrected chi connectivity index (χ0v) is 11.2. The SMILES string of the molecule is CN(c1cccc(F)c1)c1ccc(CO)cc1C(F)(F)F. The molecule has 0 unspecified atom stereocenters. The molecule has 0 aliphatic carbocycles. The number of alkyl halides is 3. The van der Waals surface area contributed by atoms with Gasteiger partial charge in [-0.15, -0.1) is 0 Å². The minimum Gasteiger partial charge on any atom is -0.392 e. The Bertz CT molecular complexity index is 640. The van der Waals surface area contributed by atoms with Gasteiger partial charge in [-0.2, -0.15) is 13.2 Å². The molecule has 0 bridgehead atoms. The van der Waals surface area contributed by atoms with Crippen molar-refractivity contribution in [3.8, 4) is 0 Å². The summed E-state index contributed by atoms with van der Waals surface area (Å²) in [5.41, 5.74) is -0.512. The van der Waals surface area contributed by atoms with Crippen molar-refractivity contribution in [1.82, 2.24) is 0 Å². The van der Waals surface area contributed by atoms with Crippen LogP contribution in [0.25, 0.3) is 0 Å². The predicted octanol–water partition coefficient (Wildman–Crippen LogP) is 4.10. The first-order chi connectivity index (χ1) is 9.82. The maximum Gasteiger partial charge on any atom is 0.418 e. The molecule has 0 radical (unpaired) electrons. The lowest BCUT2D eigenvalue weighted by Gasteiger charge is -2.24.